The molecular formula is C20H19Cl2N3O3S. The smallest absolute Gasteiger partial charge is 0.256 e. The van der Waals surface area contributed by atoms with Gasteiger partial charge < -0.3 is 19.3 Å². The number of hydrogen-bond donors (Lipinski definition) is 2. The minimum atomic E-state index is -1.54. The van der Waals surface area contributed by atoms with Gasteiger partial charge in [-0.2, -0.15) is 0 Å². The number of anilines is 1. The highest BCUT2D eigenvalue weighted by Crippen LogP contribution is 2.28. The van der Waals surface area contributed by atoms with Gasteiger partial charge in [0.2, 0.25) is 0 Å². The van der Waals surface area contributed by atoms with Crippen molar-refractivity contribution in [2.75, 3.05) is 17.8 Å². The molecule has 1 saturated heterocycles. The molecule has 2 aromatic carbocycles. The first kappa shape index (κ1) is 20.2. The molecule has 2 atom stereocenters. The van der Waals surface area contributed by atoms with Crippen LogP contribution in [0.4, 0.5) is 5.69 Å². The second kappa shape index (κ2) is 7.99. The normalized spacial score (nSPS) is 17.7. The molecular weight excluding hydrogens is 433 g/mol. The lowest BCUT2D eigenvalue weighted by Crippen LogP contribution is -2.29. The van der Waals surface area contributed by atoms with Crippen molar-refractivity contribution in [2.24, 2.45) is 7.05 Å². The molecule has 1 aliphatic heterocycles. The molecule has 1 fully saturated rings. The maximum Gasteiger partial charge on any atom is 0.256 e. The molecule has 1 aromatic heterocycles. The fourth-order valence-corrected chi connectivity index (χ4v) is 5.10. The number of aryl methyl sites for hydroxylation is 1. The van der Waals surface area contributed by atoms with Crippen LogP contribution in [0.2, 0.25) is 10.0 Å². The summed E-state index contributed by atoms with van der Waals surface area (Å²) < 4.78 is 17.5. The molecule has 0 aliphatic carbocycles. The summed E-state index contributed by atoms with van der Waals surface area (Å²) in [4.78, 5) is 15.0. The van der Waals surface area contributed by atoms with Gasteiger partial charge in [-0.15, -0.1) is 0 Å². The van der Waals surface area contributed by atoms with Crippen LogP contribution >= 0.6 is 23.2 Å². The van der Waals surface area contributed by atoms with E-state index in [0.29, 0.717) is 45.7 Å². The predicted molar refractivity (Wildman–Crippen MR) is 116 cm³/mol. The lowest BCUT2D eigenvalue weighted by atomic mass is 10.1. The Labute approximate surface area is 180 Å². The van der Waals surface area contributed by atoms with E-state index in [9.17, 15) is 14.1 Å². The van der Waals surface area contributed by atoms with Crippen molar-refractivity contribution >= 4 is 56.7 Å². The van der Waals surface area contributed by atoms with E-state index in [0.717, 1.165) is 10.9 Å². The van der Waals surface area contributed by atoms with Crippen molar-refractivity contribution in [1.82, 2.24) is 9.47 Å². The van der Waals surface area contributed by atoms with E-state index < -0.39 is 17.1 Å². The van der Waals surface area contributed by atoms with E-state index >= 15 is 0 Å². The number of nitrogens with zero attached hydrogens (tertiary/aromatic N) is 2. The summed E-state index contributed by atoms with van der Waals surface area (Å²) in [5.74, 6) is -0.0926. The average molecular weight is 452 g/mol. The molecule has 4 rings (SSSR count). The maximum atomic E-state index is 12.8. The Bertz CT molecular complexity index is 1110. The summed E-state index contributed by atoms with van der Waals surface area (Å²) in [5, 5.41) is 11.3. The molecule has 2 unspecified atom stereocenters. The Morgan fingerprint density at radius 1 is 1.21 bits per heavy atom. The van der Waals surface area contributed by atoms with Gasteiger partial charge in [0, 0.05) is 47.5 Å². The average Bonchev–Trinajstić information content (AvgIpc) is 3.24. The van der Waals surface area contributed by atoms with Crippen LogP contribution in [0.5, 0.6) is 0 Å². The van der Waals surface area contributed by atoms with E-state index in [1.165, 1.54) is 0 Å². The van der Waals surface area contributed by atoms with E-state index in [4.69, 9.17) is 23.2 Å². The number of aromatic nitrogens is 1. The zero-order chi connectivity index (χ0) is 20.7. The summed E-state index contributed by atoms with van der Waals surface area (Å²) >= 11 is 12.0. The highest BCUT2D eigenvalue weighted by molar-refractivity contribution is 7.86. The first-order valence-electron chi connectivity index (χ1n) is 9.03. The number of aliphatic hydroxyl groups excluding tert-OH is 1. The van der Waals surface area contributed by atoms with Crippen molar-refractivity contribution in [3.63, 3.8) is 0 Å². The molecule has 0 spiro atoms. The van der Waals surface area contributed by atoms with Crippen LogP contribution < -0.4 is 4.72 Å². The third kappa shape index (κ3) is 4.14. The van der Waals surface area contributed by atoms with Gasteiger partial charge in [-0.3, -0.25) is 4.79 Å². The van der Waals surface area contributed by atoms with Crippen LogP contribution in [0.1, 0.15) is 16.8 Å². The highest BCUT2D eigenvalue weighted by atomic mass is 35.5. The molecule has 9 heteroatoms. The molecule has 152 valence electrons. The van der Waals surface area contributed by atoms with E-state index in [-0.39, 0.29) is 5.91 Å². The number of fused-ring (bicyclic) bond motifs is 1. The molecule has 29 heavy (non-hydrogen) atoms. The Balaban J connectivity index is 1.61. The quantitative estimate of drug-likeness (QED) is 0.632. The Morgan fingerprint density at radius 2 is 1.93 bits per heavy atom. The predicted octanol–water partition coefficient (Wildman–Crippen LogP) is 3.83. The van der Waals surface area contributed by atoms with E-state index in [2.05, 4.69) is 4.72 Å². The molecule has 2 heterocycles. The third-order valence-corrected chi connectivity index (χ3v) is 6.45. The van der Waals surface area contributed by atoms with E-state index in [1.54, 1.807) is 35.4 Å². The van der Waals surface area contributed by atoms with Crippen molar-refractivity contribution in [2.45, 2.75) is 17.4 Å². The van der Waals surface area contributed by atoms with Crippen LogP contribution in [0.25, 0.3) is 10.9 Å². The summed E-state index contributed by atoms with van der Waals surface area (Å²) in [5.41, 5.74) is 2.06. The first-order valence-corrected chi connectivity index (χ1v) is 10.9. The zero-order valence-corrected chi connectivity index (χ0v) is 17.9. The Hall–Kier alpha value is -2.06. The van der Waals surface area contributed by atoms with Crippen LogP contribution in [-0.2, 0) is 18.0 Å². The zero-order valence-electron chi connectivity index (χ0n) is 15.6. The number of rotatable bonds is 4. The van der Waals surface area contributed by atoms with Crippen LogP contribution in [0, 0.1) is 0 Å². The summed E-state index contributed by atoms with van der Waals surface area (Å²) in [7, 11) is 0.313. The molecule has 0 radical (unpaired) electrons. The number of nitrogens with one attached hydrogen (secondary N) is 1. The van der Waals surface area contributed by atoms with Crippen molar-refractivity contribution in [3.05, 3.63) is 58.2 Å². The highest BCUT2D eigenvalue weighted by Gasteiger charge is 2.27. The standard InChI is InChI=1S/C20H19Cl2N3O3S/c1-24-11-18(20(27)25-5-4-15(26)10-25)17-3-2-14(9-19(17)24)23-29(28)16-7-12(21)6-13(22)8-16/h2-3,6-9,11,15,23,26H,4-5,10H2,1H3. The summed E-state index contributed by atoms with van der Waals surface area (Å²) in [6.45, 7) is 0.910. The second-order valence-corrected chi connectivity index (χ2v) is 9.14. The molecule has 3 aromatic rings. The summed E-state index contributed by atoms with van der Waals surface area (Å²) in [6.07, 6.45) is 1.93. The van der Waals surface area contributed by atoms with Gasteiger partial charge in [0.1, 0.15) is 11.0 Å². The van der Waals surface area contributed by atoms with Gasteiger partial charge in [0.05, 0.1) is 22.1 Å². The number of likely N-dealkylation sites (tertiary alicyclic amines) is 1. The number of benzene rings is 2. The lowest BCUT2D eigenvalue weighted by molar-refractivity contribution is 0.0766. The van der Waals surface area contributed by atoms with Gasteiger partial charge in [-0.25, -0.2) is 4.21 Å². The molecule has 1 aliphatic rings. The minimum Gasteiger partial charge on any atom is -0.391 e. The Morgan fingerprint density at radius 3 is 2.59 bits per heavy atom. The number of aliphatic hydroxyl groups is 1. The van der Waals surface area contributed by atoms with Crippen LogP contribution in [0.15, 0.2) is 47.5 Å². The molecule has 6 nitrogen and oxygen atoms in total. The van der Waals surface area contributed by atoms with Gasteiger partial charge in [-0.05, 0) is 42.8 Å². The minimum absolute atomic E-state index is 0.0926. The monoisotopic (exact) mass is 451 g/mol. The van der Waals surface area contributed by atoms with Crippen LogP contribution in [-0.4, -0.2) is 43.9 Å². The van der Waals surface area contributed by atoms with Crippen molar-refractivity contribution in [1.29, 1.82) is 0 Å². The molecule has 1 amide bonds. The number of halogens is 2. The van der Waals surface area contributed by atoms with Gasteiger partial charge >= 0.3 is 0 Å². The summed E-state index contributed by atoms with van der Waals surface area (Å²) in [6, 6.07) is 10.2. The molecule has 0 saturated carbocycles. The first-order chi connectivity index (χ1) is 13.8. The molecule has 0 bridgehead atoms. The number of carbonyl (C=O) groups is 1. The van der Waals surface area contributed by atoms with E-state index in [1.807, 2.05) is 23.7 Å². The third-order valence-electron chi connectivity index (χ3n) is 4.93. The largest absolute Gasteiger partial charge is 0.391 e. The van der Waals surface area contributed by atoms with Crippen molar-refractivity contribution < 1.29 is 14.1 Å². The fourth-order valence-electron chi connectivity index (χ4n) is 3.52. The van der Waals surface area contributed by atoms with Crippen LogP contribution in [0.3, 0.4) is 0 Å². The Kier molecular flexibility index (Phi) is 5.57. The fraction of sp³-hybridized carbons (Fsp3) is 0.250. The van der Waals surface area contributed by atoms with Crippen molar-refractivity contribution in [3.8, 4) is 0 Å². The number of amides is 1. The SMILES string of the molecule is Cn1cc(C(=O)N2CCC(O)C2)c2ccc(NS(=O)c3cc(Cl)cc(Cl)c3)cc21. The number of hydrogen-bond acceptors (Lipinski definition) is 3. The van der Waals surface area contributed by atoms with Gasteiger partial charge in [0.15, 0.2) is 0 Å². The van der Waals surface area contributed by atoms with Gasteiger partial charge in [-0.1, -0.05) is 23.2 Å². The molecule has 2 N–H and O–H groups in total. The number of carbonyl (C=O) groups excluding carboxylic acids is 1. The topological polar surface area (TPSA) is 74.6 Å². The lowest BCUT2D eigenvalue weighted by Gasteiger charge is -2.14. The van der Waals surface area contributed by atoms with Gasteiger partial charge in [0.25, 0.3) is 5.91 Å². The second-order valence-electron chi connectivity index (χ2n) is 7.06. The maximum absolute atomic E-state index is 12.8. The number of β-amino-alcohol motifs (C(OH)–C–C–N with tert-alkyl or cyclic N) is 1.